The number of nitrogens with zero attached hydrogens (tertiary/aromatic N) is 1. The summed E-state index contributed by atoms with van der Waals surface area (Å²) >= 11 is 0. The first kappa shape index (κ1) is 25.4. The van der Waals surface area contributed by atoms with Crippen LogP contribution >= 0.6 is 12.4 Å². The van der Waals surface area contributed by atoms with Gasteiger partial charge in [-0.05, 0) is 72.8 Å². The van der Waals surface area contributed by atoms with Gasteiger partial charge in [0.15, 0.2) is 0 Å². The second-order valence-electron chi connectivity index (χ2n) is 9.15. The van der Waals surface area contributed by atoms with Crippen molar-refractivity contribution in [2.75, 3.05) is 25.0 Å². The fourth-order valence-electron chi connectivity index (χ4n) is 4.93. The number of fused-ring (bicyclic) bond motifs is 3. The fraction of sp³-hybridized carbons (Fsp3) is 0.296. The van der Waals surface area contributed by atoms with E-state index in [0.29, 0.717) is 5.92 Å². The molecule has 3 aliphatic heterocycles. The number of hydrogen-bond acceptors (Lipinski definition) is 4. The molecule has 3 saturated heterocycles. The summed E-state index contributed by atoms with van der Waals surface area (Å²) in [5.41, 5.74) is 3.57. The average molecular weight is 512 g/mol. The number of carbonyl (C=O) groups is 1. The minimum Gasteiger partial charge on any atom is -0.326 e. The maximum Gasteiger partial charge on any atom is 0.240 e. The van der Waals surface area contributed by atoms with Crippen molar-refractivity contribution in [2.45, 2.75) is 24.3 Å². The molecule has 1 atom stereocenters. The highest BCUT2D eigenvalue weighted by molar-refractivity contribution is 7.89. The largest absolute Gasteiger partial charge is 0.326 e. The van der Waals surface area contributed by atoms with Crippen LogP contribution in [0, 0.1) is 11.8 Å². The molecule has 1 amide bonds. The molecule has 0 spiro atoms. The monoisotopic (exact) mass is 511 g/mol. The lowest BCUT2D eigenvalue weighted by molar-refractivity contribution is -0.125. The van der Waals surface area contributed by atoms with Crippen LogP contribution in [0.3, 0.4) is 0 Å². The van der Waals surface area contributed by atoms with Gasteiger partial charge in [0.1, 0.15) is 0 Å². The van der Waals surface area contributed by atoms with Crippen molar-refractivity contribution in [3.63, 3.8) is 0 Å². The summed E-state index contributed by atoms with van der Waals surface area (Å²) in [7, 11) is -3.59. The zero-order valence-corrected chi connectivity index (χ0v) is 21.0. The molecule has 0 unspecified atom stereocenters. The number of hydrogen-bond donors (Lipinski definition) is 2. The van der Waals surface area contributed by atoms with Crippen LogP contribution in [0.25, 0.3) is 11.1 Å². The van der Waals surface area contributed by atoms with E-state index in [1.807, 2.05) is 54.6 Å². The first-order chi connectivity index (χ1) is 16.5. The molecule has 3 fully saturated rings. The Bertz CT molecular complexity index is 1240. The summed E-state index contributed by atoms with van der Waals surface area (Å²) in [6, 6.07) is 24.0. The lowest BCUT2D eigenvalue weighted by atomic mass is 9.78. The molecule has 3 aliphatic rings. The summed E-state index contributed by atoms with van der Waals surface area (Å²) in [4.78, 5) is 15.4. The number of nitrogens with one attached hydrogen (secondary N) is 2. The highest BCUT2D eigenvalue weighted by atomic mass is 35.5. The van der Waals surface area contributed by atoms with E-state index in [1.165, 1.54) is 0 Å². The third-order valence-corrected chi connectivity index (χ3v) is 8.37. The number of piperidine rings is 3. The molecule has 6 rings (SSSR count). The van der Waals surface area contributed by atoms with E-state index < -0.39 is 10.0 Å². The van der Waals surface area contributed by atoms with Crippen molar-refractivity contribution in [3.8, 4) is 11.1 Å². The molecule has 184 valence electrons. The fourth-order valence-corrected chi connectivity index (χ4v) is 5.94. The Labute approximate surface area is 213 Å². The molecule has 2 N–H and O–H groups in total. The van der Waals surface area contributed by atoms with Gasteiger partial charge in [0, 0.05) is 18.8 Å². The molecule has 3 aromatic rings. The van der Waals surface area contributed by atoms with Crippen LogP contribution in [0.15, 0.2) is 83.8 Å². The molecule has 8 heteroatoms. The van der Waals surface area contributed by atoms with Gasteiger partial charge in [-0.15, -0.1) is 12.4 Å². The minimum absolute atomic E-state index is 0. The maximum absolute atomic E-state index is 12.8. The van der Waals surface area contributed by atoms with Crippen molar-refractivity contribution >= 4 is 34.0 Å². The lowest BCUT2D eigenvalue weighted by Crippen LogP contribution is -2.51. The van der Waals surface area contributed by atoms with Crippen molar-refractivity contribution in [2.24, 2.45) is 11.8 Å². The van der Waals surface area contributed by atoms with E-state index in [9.17, 15) is 13.2 Å². The van der Waals surface area contributed by atoms with Crippen molar-refractivity contribution in [1.82, 2.24) is 9.62 Å². The van der Waals surface area contributed by atoms with E-state index in [4.69, 9.17) is 0 Å². The quantitative estimate of drug-likeness (QED) is 0.488. The smallest absolute Gasteiger partial charge is 0.240 e. The summed E-state index contributed by atoms with van der Waals surface area (Å²) in [6.45, 7) is 3.35. The Balaban J connectivity index is 0.00000289. The standard InChI is InChI=1S/C27H29N3O3S.ClH/c31-27(26-19-30-16-14-23(26)15-17-30)29-24-10-6-21(7-11-24)22-8-12-25(13-9-22)34(32,33)28-18-20-4-2-1-3-5-20;/h1-13,23,26,28H,14-19H2,(H,29,31);1H/t26-;/m0./s1. The summed E-state index contributed by atoms with van der Waals surface area (Å²) < 4.78 is 27.9. The number of anilines is 1. The molecule has 35 heavy (non-hydrogen) atoms. The van der Waals surface area contributed by atoms with Gasteiger partial charge in [0.25, 0.3) is 0 Å². The van der Waals surface area contributed by atoms with Crippen LogP contribution in [0.1, 0.15) is 18.4 Å². The molecule has 2 bridgehead atoms. The van der Waals surface area contributed by atoms with Crippen molar-refractivity contribution in [1.29, 1.82) is 0 Å². The predicted octanol–water partition coefficient (Wildman–Crippen LogP) is 4.53. The summed E-state index contributed by atoms with van der Waals surface area (Å²) in [5.74, 6) is 0.688. The molecule has 0 aliphatic carbocycles. The molecule has 0 aromatic heterocycles. The molecule has 3 heterocycles. The van der Waals surface area contributed by atoms with Crippen LogP contribution < -0.4 is 10.0 Å². The topological polar surface area (TPSA) is 78.5 Å². The normalized spacial score (nSPS) is 21.2. The number of amides is 1. The first-order valence-corrected chi connectivity index (χ1v) is 13.2. The van der Waals surface area contributed by atoms with Crippen LogP contribution in [-0.2, 0) is 21.4 Å². The zero-order valence-electron chi connectivity index (χ0n) is 19.4. The van der Waals surface area contributed by atoms with Crippen LogP contribution in [-0.4, -0.2) is 38.9 Å². The Morgan fingerprint density at radius 2 is 1.46 bits per heavy atom. The first-order valence-electron chi connectivity index (χ1n) is 11.8. The van der Waals surface area contributed by atoms with Gasteiger partial charge < -0.3 is 10.2 Å². The Morgan fingerprint density at radius 1 is 0.857 bits per heavy atom. The van der Waals surface area contributed by atoms with E-state index >= 15 is 0 Å². The maximum atomic E-state index is 12.8. The van der Waals surface area contributed by atoms with Gasteiger partial charge in [0.2, 0.25) is 15.9 Å². The second-order valence-corrected chi connectivity index (χ2v) is 10.9. The van der Waals surface area contributed by atoms with Gasteiger partial charge in [-0.1, -0.05) is 54.6 Å². The van der Waals surface area contributed by atoms with Crippen molar-refractivity contribution in [3.05, 3.63) is 84.4 Å². The third-order valence-electron chi connectivity index (χ3n) is 6.95. The van der Waals surface area contributed by atoms with Crippen molar-refractivity contribution < 1.29 is 13.2 Å². The van der Waals surface area contributed by atoms with Gasteiger partial charge in [-0.2, -0.15) is 0 Å². The number of halogens is 1. The SMILES string of the molecule is Cl.O=C(Nc1ccc(-c2ccc(S(=O)(=O)NCc3ccccc3)cc2)cc1)[C@H]1CN2CCC1CC2. The van der Waals surface area contributed by atoms with Crippen LogP contribution in [0.5, 0.6) is 0 Å². The third kappa shape index (κ3) is 5.93. The van der Waals surface area contributed by atoms with E-state index in [1.54, 1.807) is 24.3 Å². The highest BCUT2D eigenvalue weighted by Crippen LogP contribution is 2.33. The minimum atomic E-state index is -3.59. The van der Waals surface area contributed by atoms with Crippen LogP contribution in [0.4, 0.5) is 5.69 Å². The van der Waals surface area contributed by atoms with E-state index in [2.05, 4.69) is 14.9 Å². The number of sulfonamides is 1. The Hall–Kier alpha value is -2.71. The Morgan fingerprint density at radius 3 is 2.03 bits per heavy atom. The molecule has 6 nitrogen and oxygen atoms in total. The summed E-state index contributed by atoms with van der Waals surface area (Å²) in [6.07, 6.45) is 2.23. The van der Waals surface area contributed by atoms with Gasteiger partial charge in [-0.3, -0.25) is 4.79 Å². The average Bonchev–Trinajstić information content (AvgIpc) is 2.89. The molecule has 0 saturated carbocycles. The zero-order chi connectivity index (χ0) is 23.5. The van der Waals surface area contributed by atoms with Gasteiger partial charge >= 0.3 is 0 Å². The molecular formula is C27H30ClN3O3S. The number of carbonyl (C=O) groups excluding carboxylic acids is 1. The van der Waals surface area contributed by atoms with E-state index in [-0.39, 0.29) is 35.7 Å². The number of rotatable bonds is 7. The van der Waals surface area contributed by atoms with Gasteiger partial charge in [0.05, 0.1) is 10.8 Å². The highest BCUT2D eigenvalue weighted by Gasteiger charge is 2.38. The summed E-state index contributed by atoms with van der Waals surface area (Å²) in [5, 5.41) is 3.08. The van der Waals surface area contributed by atoms with E-state index in [0.717, 1.165) is 54.9 Å². The Kier molecular flexibility index (Phi) is 7.91. The molecule has 0 radical (unpaired) electrons. The number of benzene rings is 3. The molecular weight excluding hydrogens is 482 g/mol. The lowest BCUT2D eigenvalue weighted by Gasteiger charge is -2.43. The second kappa shape index (κ2) is 10.9. The van der Waals surface area contributed by atoms with Gasteiger partial charge in [-0.25, -0.2) is 13.1 Å². The molecule has 3 aromatic carbocycles. The van der Waals surface area contributed by atoms with Crippen LogP contribution in [0.2, 0.25) is 0 Å². The predicted molar refractivity (Wildman–Crippen MR) is 141 cm³/mol.